The molecular weight excluding hydrogens is 383 g/mol. The van der Waals surface area contributed by atoms with Crippen molar-refractivity contribution in [3.63, 3.8) is 0 Å². The highest BCUT2D eigenvalue weighted by atomic mass is 32.2. The van der Waals surface area contributed by atoms with Crippen LogP contribution in [0, 0.1) is 5.92 Å². The molecule has 2 aliphatic rings. The highest BCUT2D eigenvalue weighted by molar-refractivity contribution is 7.93. The van der Waals surface area contributed by atoms with Gasteiger partial charge < -0.3 is 4.74 Å². The number of carbonyl (C=O) groups excluding carboxylic acids is 1. The molecule has 1 unspecified atom stereocenters. The number of rotatable bonds is 3. The first kappa shape index (κ1) is 22.8. The Morgan fingerprint density at radius 3 is 2.29 bits per heavy atom. The fourth-order valence-corrected chi connectivity index (χ4v) is 5.78. The van der Waals surface area contributed by atoms with Crippen LogP contribution in [0.2, 0.25) is 0 Å². The number of ether oxygens (including phenoxy) is 1. The van der Waals surface area contributed by atoms with E-state index in [9.17, 15) is 17.6 Å². The molecule has 2 rings (SSSR count). The standard InChI is InChI=1S/C20H33FN2O4S/c1-14(2)19(7,21)12-11-18(6)13-28(25,26)20(9-8-10-20)15(23-18)22-16(24)27-17(3,4)5/h11-12,14H,8-10,13H2,1-7H3,(H,22,23,24)/b12-11+/t18-,19?/m1/s1. The van der Waals surface area contributed by atoms with Crippen molar-refractivity contribution in [3.8, 4) is 0 Å². The Bertz CT molecular complexity index is 790. The van der Waals surface area contributed by atoms with Crippen molar-refractivity contribution in [2.75, 3.05) is 5.75 Å². The molecule has 6 nitrogen and oxygen atoms in total. The summed E-state index contributed by atoms with van der Waals surface area (Å²) in [5.41, 5.74) is -3.47. The van der Waals surface area contributed by atoms with Crippen LogP contribution < -0.4 is 5.32 Å². The van der Waals surface area contributed by atoms with E-state index in [-0.39, 0.29) is 17.5 Å². The Hall–Kier alpha value is -1.44. The van der Waals surface area contributed by atoms with E-state index in [1.807, 2.05) is 0 Å². The Kier molecular flexibility index (Phi) is 5.80. The zero-order valence-corrected chi connectivity index (χ0v) is 18.7. The molecule has 28 heavy (non-hydrogen) atoms. The van der Waals surface area contributed by atoms with Crippen LogP contribution in [-0.2, 0) is 14.6 Å². The van der Waals surface area contributed by atoms with Crippen molar-refractivity contribution < 1.29 is 22.3 Å². The average Bonchev–Trinajstić information content (AvgIpc) is 2.39. The first-order valence-corrected chi connectivity index (χ1v) is 11.4. The number of alkyl halides is 1. The zero-order chi connectivity index (χ0) is 21.6. The van der Waals surface area contributed by atoms with Crippen LogP contribution in [0.3, 0.4) is 0 Å². The molecule has 0 radical (unpaired) electrons. The third-order valence-electron chi connectivity index (χ3n) is 5.55. The second kappa shape index (κ2) is 7.11. The number of alkyl carbamates (subject to hydrolysis) is 1. The number of sulfone groups is 1. The predicted molar refractivity (Wildman–Crippen MR) is 109 cm³/mol. The molecule has 0 aromatic carbocycles. The number of hydrogen-bond acceptors (Lipinski definition) is 5. The van der Waals surface area contributed by atoms with Gasteiger partial charge in [0, 0.05) is 0 Å². The lowest BCUT2D eigenvalue weighted by Gasteiger charge is -2.47. The predicted octanol–water partition coefficient (Wildman–Crippen LogP) is 3.96. The van der Waals surface area contributed by atoms with Crippen molar-refractivity contribution >= 4 is 21.8 Å². The third kappa shape index (κ3) is 4.58. The van der Waals surface area contributed by atoms with Gasteiger partial charge in [-0.3, -0.25) is 10.3 Å². The van der Waals surface area contributed by atoms with Crippen LogP contribution in [0.1, 0.15) is 67.7 Å². The molecule has 0 aromatic heterocycles. The maximum atomic E-state index is 14.7. The van der Waals surface area contributed by atoms with E-state index in [0.29, 0.717) is 12.8 Å². The van der Waals surface area contributed by atoms with E-state index in [2.05, 4.69) is 10.3 Å². The number of hydrogen-bond donors (Lipinski definition) is 1. The van der Waals surface area contributed by atoms with Crippen molar-refractivity contribution in [2.24, 2.45) is 10.9 Å². The summed E-state index contributed by atoms with van der Waals surface area (Å²) in [5.74, 6) is -0.380. The molecule has 0 aromatic rings. The summed E-state index contributed by atoms with van der Waals surface area (Å²) in [6.45, 7) is 11.8. The molecule has 8 heteroatoms. The van der Waals surface area contributed by atoms with Crippen LogP contribution in [0.15, 0.2) is 17.1 Å². The molecule has 1 aliphatic heterocycles. The van der Waals surface area contributed by atoms with Crippen LogP contribution in [0.4, 0.5) is 9.18 Å². The van der Waals surface area contributed by atoms with Crippen LogP contribution >= 0.6 is 0 Å². The van der Waals surface area contributed by atoms with Gasteiger partial charge in [-0.2, -0.15) is 0 Å². The monoisotopic (exact) mass is 416 g/mol. The molecule has 1 aliphatic carbocycles. The Labute approximate surface area is 167 Å². The molecular formula is C20H33FN2O4S. The van der Waals surface area contributed by atoms with Crippen LogP contribution in [0.25, 0.3) is 0 Å². The van der Waals surface area contributed by atoms with Gasteiger partial charge in [0.1, 0.15) is 21.9 Å². The van der Waals surface area contributed by atoms with Crippen molar-refractivity contribution in [2.45, 2.75) is 89.3 Å². The summed E-state index contributed by atoms with van der Waals surface area (Å²) in [7, 11) is -3.60. The average molecular weight is 417 g/mol. The summed E-state index contributed by atoms with van der Waals surface area (Å²) >= 11 is 0. The van der Waals surface area contributed by atoms with Crippen molar-refractivity contribution in [1.29, 1.82) is 0 Å². The maximum Gasteiger partial charge on any atom is 0.413 e. The minimum absolute atomic E-state index is 0.108. The zero-order valence-electron chi connectivity index (χ0n) is 17.9. The number of carbonyl (C=O) groups is 1. The first-order valence-electron chi connectivity index (χ1n) is 9.74. The van der Waals surface area contributed by atoms with Gasteiger partial charge in [-0.05, 0) is 65.9 Å². The van der Waals surface area contributed by atoms with Gasteiger partial charge in [0.2, 0.25) is 0 Å². The number of halogens is 1. The Balaban J connectivity index is 2.42. The van der Waals surface area contributed by atoms with Crippen LogP contribution in [0.5, 0.6) is 0 Å². The molecule has 1 saturated carbocycles. The van der Waals surface area contributed by atoms with Gasteiger partial charge in [-0.15, -0.1) is 0 Å². The van der Waals surface area contributed by atoms with Gasteiger partial charge in [0.25, 0.3) is 0 Å². The number of aliphatic imine (C=N–C) groups is 1. The molecule has 1 amide bonds. The van der Waals surface area contributed by atoms with E-state index >= 15 is 0 Å². The number of nitrogens with one attached hydrogen (secondary N) is 1. The molecule has 1 N–H and O–H groups in total. The number of amidine groups is 1. The molecule has 1 heterocycles. The number of nitrogens with zero attached hydrogens (tertiary/aromatic N) is 1. The lowest BCUT2D eigenvalue weighted by molar-refractivity contribution is 0.0559. The van der Waals surface area contributed by atoms with E-state index < -0.39 is 37.5 Å². The SMILES string of the molecule is CC(C)C(C)(F)/C=C/[C@]1(C)CS(=O)(=O)C2(CCC2)C(NC(=O)OC(C)(C)C)=N1. The van der Waals surface area contributed by atoms with Gasteiger partial charge in [-0.1, -0.05) is 19.9 Å². The fourth-order valence-electron chi connectivity index (χ4n) is 3.27. The van der Waals surface area contributed by atoms with Gasteiger partial charge in [0.05, 0.1) is 11.3 Å². The summed E-state index contributed by atoms with van der Waals surface area (Å²) in [6, 6.07) is 0. The molecule has 1 spiro atoms. The molecule has 160 valence electrons. The molecule has 0 bridgehead atoms. The number of allylic oxidation sites excluding steroid dienone is 1. The smallest absolute Gasteiger partial charge is 0.413 e. The third-order valence-corrected chi connectivity index (χ3v) is 8.31. The van der Waals surface area contributed by atoms with E-state index in [0.717, 1.165) is 6.42 Å². The topological polar surface area (TPSA) is 84.8 Å². The second-order valence-electron chi connectivity index (χ2n) is 9.69. The van der Waals surface area contributed by atoms with Gasteiger partial charge in [-0.25, -0.2) is 17.6 Å². The van der Waals surface area contributed by atoms with E-state index in [1.54, 1.807) is 41.5 Å². The minimum atomic E-state index is -3.60. The lowest BCUT2D eigenvalue weighted by Crippen LogP contribution is -2.64. The largest absolute Gasteiger partial charge is 0.444 e. The van der Waals surface area contributed by atoms with E-state index in [4.69, 9.17) is 4.74 Å². The highest BCUT2D eigenvalue weighted by Crippen LogP contribution is 2.45. The van der Waals surface area contributed by atoms with E-state index in [1.165, 1.54) is 19.1 Å². The quantitative estimate of drug-likeness (QED) is 0.706. The fraction of sp³-hybridized carbons (Fsp3) is 0.800. The first-order chi connectivity index (χ1) is 12.5. The molecule has 0 saturated heterocycles. The molecule has 2 atom stereocenters. The summed E-state index contributed by atoms with van der Waals surface area (Å²) in [4.78, 5) is 16.9. The van der Waals surface area contributed by atoms with Gasteiger partial charge >= 0.3 is 6.09 Å². The van der Waals surface area contributed by atoms with Crippen LogP contribution in [-0.4, -0.2) is 47.7 Å². The highest BCUT2D eigenvalue weighted by Gasteiger charge is 2.58. The summed E-state index contributed by atoms with van der Waals surface area (Å²) < 4.78 is 45.1. The normalized spacial score (nSPS) is 28.5. The van der Waals surface area contributed by atoms with Crippen molar-refractivity contribution in [1.82, 2.24) is 5.32 Å². The molecule has 1 fully saturated rings. The van der Waals surface area contributed by atoms with Gasteiger partial charge in [0.15, 0.2) is 9.84 Å². The Morgan fingerprint density at radius 1 is 1.29 bits per heavy atom. The second-order valence-corrected chi connectivity index (χ2v) is 12.0. The number of amides is 1. The minimum Gasteiger partial charge on any atom is -0.444 e. The summed E-state index contributed by atoms with van der Waals surface area (Å²) in [5, 5.41) is 2.58. The van der Waals surface area contributed by atoms with Crippen molar-refractivity contribution in [3.05, 3.63) is 12.2 Å². The lowest BCUT2D eigenvalue weighted by atomic mass is 9.82. The Morgan fingerprint density at radius 2 is 1.86 bits per heavy atom. The maximum absolute atomic E-state index is 14.7. The summed E-state index contributed by atoms with van der Waals surface area (Å²) in [6.07, 6.45) is 3.72.